The van der Waals surface area contributed by atoms with Crippen molar-refractivity contribution in [2.45, 2.75) is 37.6 Å². The fraction of sp³-hybridized carbons (Fsp3) is 0.727. The van der Waals surface area contributed by atoms with Gasteiger partial charge in [-0.2, -0.15) is 0 Å². The third-order valence-electron chi connectivity index (χ3n) is 2.65. The van der Waals surface area contributed by atoms with Crippen LogP contribution in [0.25, 0.3) is 0 Å². The minimum Gasteiger partial charge on any atom is -0.394 e. The third-order valence-corrected chi connectivity index (χ3v) is 2.65. The van der Waals surface area contributed by atoms with Crippen LogP contribution < -0.4 is 5.32 Å². The largest absolute Gasteiger partial charge is 0.394 e. The SMILES string of the molecule is C=CCO[C@@H]1C(CO)O[C@@H](O)C(NC(C)=O)C1O. The molecule has 0 radical (unpaired) electrons. The fourth-order valence-electron chi connectivity index (χ4n) is 1.86. The number of amides is 1. The van der Waals surface area contributed by atoms with Gasteiger partial charge in [0.25, 0.3) is 0 Å². The van der Waals surface area contributed by atoms with Gasteiger partial charge in [0.05, 0.1) is 13.2 Å². The molecule has 0 bridgehead atoms. The summed E-state index contributed by atoms with van der Waals surface area (Å²) in [6.07, 6.45) is -2.81. The fourth-order valence-corrected chi connectivity index (χ4v) is 1.86. The van der Waals surface area contributed by atoms with E-state index in [1.165, 1.54) is 13.0 Å². The number of hydrogen-bond acceptors (Lipinski definition) is 6. The van der Waals surface area contributed by atoms with Gasteiger partial charge in [0.15, 0.2) is 6.29 Å². The zero-order chi connectivity index (χ0) is 13.7. The second-order valence-corrected chi connectivity index (χ2v) is 4.05. The Labute approximate surface area is 105 Å². The van der Waals surface area contributed by atoms with Gasteiger partial charge in [-0.05, 0) is 0 Å². The standard InChI is InChI=1S/C11H19NO6/c1-3-4-17-10-7(5-13)18-11(16)8(9(10)15)12-6(2)14/h3,7-11,13,15-16H,1,4-5H2,2H3,(H,12,14)/t7?,8?,9?,10-,11-/m1/s1. The first-order valence-corrected chi connectivity index (χ1v) is 5.63. The van der Waals surface area contributed by atoms with Crippen LogP contribution in [0, 0.1) is 0 Å². The van der Waals surface area contributed by atoms with E-state index in [-0.39, 0.29) is 6.61 Å². The summed E-state index contributed by atoms with van der Waals surface area (Å²) in [6.45, 7) is 4.48. The second kappa shape index (κ2) is 6.81. The Hall–Kier alpha value is -0.990. The van der Waals surface area contributed by atoms with Crippen molar-refractivity contribution in [3.8, 4) is 0 Å². The quantitative estimate of drug-likeness (QED) is 0.432. The summed E-state index contributed by atoms with van der Waals surface area (Å²) >= 11 is 0. The number of nitrogens with one attached hydrogen (secondary N) is 1. The van der Waals surface area contributed by atoms with Crippen molar-refractivity contribution in [1.29, 1.82) is 0 Å². The Bertz CT molecular complexity index is 297. The maximum atomic E-state index is 11.0. The van der Waals surface area contributed by atoms with Crippen molar-refractivity contribution in [3.05, 3.63) is 12.7 Å². The normalized spacial score (nSPS) is 36.1. The number of carbonyl (C=O) groups excluding carboxylic acids is 1. The van der Waals surface area contributed by atoms with Gasteiger partial charge in [-0.15, -0.1) is 6.58 Å². The first-order valence-electron chi connectivity index (χ1n) is 5.63. The molecule has 104 valence electrons. The molecular weight excluding hydrogens is 242 g/mol. The molecule has 0 aromatic heterocycles. The second-order valence-electron chi connectivity index (χ2n) is 4.05. The van der Waals surface area contributed by atoms with E-state index in [2.05, 4.69) is 11.9 Å². The van der Waals surface area contributed by atoms with Gasteiger partial charge in [-0.25, -0.2) is 0 Å². The summed E-state index contributed by atoms with van der Waals surface area (Å²) in [5.74, 6) is -0.411. The minimum absolute atomic E-state index is 0.157. The zero-order valence-electron chi connectivity index (χ0n) is 10.2. The average Bonchev–Trinajstić information content (AvgIpc) is 2.32. The minimum atomic E-state index is -1.40. The van der Waals surface area contributed by atoms with Gasteiger partial charge in [-0.3, -0.25) is 4.79 Å². The van der Waals surface area contributed by atoms with Gasteiger partial charge < -0.3 is 30.1 Å². The molecular formula is C11H19NO6. The van der Waals surface area contributed by atoms with Crippen LogP contribution in [0.15, 0.2) is 12.7 Å². The number of aliphatic hydroxyl groups is 3. The van der Waals surface area contributed by atoms with Crippen LogP contribution in [0.5, 0.6) is 0 Å². The van der Waals surface area contributed by atoms with Crippen molar-refractivity contribution in [3.63, 3.8) is 0 Å². The number of hydrogen-bond donors (Lipinski definition) is 4. The molecule has 1 aliphatic rings. The van der Waals surface area contributed by atoms with Crippen LogP contribution >= 0.6 is 0 Å². The molecule has 7 nitrogen and oxygen atoms in total. The van der Waals surface area contributed by atoms with E-state index in [4.69, 9.17) is 14.6 Å². The highest BCUT2D eigenvalue weighted by Crippen LogP contribution is 2.22. The molecule has 0 spiro atoms. The Morgan fingerprint density at radius 2 is 2.22 bits per heavy atom. The lowest BCUT2D eigenvalue weighted by atomic mass is 9.96. The molecule has 1 fully saturated rings. The van der Waals surface area contributed by atoms with Crippen molar-refractivity contribution in [1.82, 2.24) is 5.32 Å². The molecule has 1 heterocycles. The summed E-state index contributed by atoms with van der Waals surface area (Å²) in [6, 6.07) is -1.000. The molecule has 1 rings (SSSR count). The molecule has 1 aliphatic heterocycles. The Balaban J connectivity index is 2.77. The molecule has 1 saturated heterocycles. The highest BCUT2D eigenvalue weighted by molar-refractivity contribution is 5.73. The van der Waals surface area contributed by atoms with Crippen LogP contribution in [0.3, 0.4) is 0 Å². The molecule has 7 heteroatoms. The number of carbonyl (C=O) groups is 1. The lowest BCUT2D eigenvalue weighted by Crippen LogP contribution is -2.64. The monoisotopic (exact) mass is 261 g/mol. The van der Waals surface area contributed by atoms with Crippen molar-refractivity contribution in [2.24, 2.45) is 0 Å². The topological polar surface area (TPSA) is 108 Å². The van der Waals surface area contributed by atoms with Gasteiger partial charge >= 0.3 is 0 Å². The summed E-state index contributed by atoms with van der Waals surface area (Å²) in [5.41, 5.74) is 0. The molecule has 5 atom stereocenters. The molecule has 0 aromatic rings. The number of aliphatic hydroxyl groups excluding tert-OH is 3. The van der Waals surface area contributed by atoms with Gasteiger partial charge in [0.1, 0.15) is 24.4 Å². The maximum Gasteiger partial charge on any atom is 0.217 e. The van der Waals surface area contributed by atoms with E-state index in [1.807, 2.05) is 0 Å². The van der Waals surface area contributed by atoms with E-state index in [1.54, 1.807) is 0 Å². The predicted molar refractivity (Wildman–Crippen MR) is 61.5 cm³/mol. The van der Waals surface area contributed by atoms with Gasteiger partial charge in [0.2, 0.25) is 5.91 Å². The van der Waals surface area contributed by atoms with Crippen LogP contribution in [0.1, 0.15) is 6.92 Å². The van der Waals surface area contributed by atoms with E-state index < -0.39 is 43.2 Å². The molecule has 1 amide bonds. The molecule has 4 N–H and O–H groups in total. The lowest BCUT2D eigenvalue weighted by molar-refractivity contribution is -0.261. The number of rotatable bonds is 5. The van der Waals surface area contributed by atoms with Gasteiger partial charge in [0, 0.05) is 6.92 Å². The highest BCUT2D eigenvalue weighted by Gasteiger charge is 2.45. The Morgan fingerprint density at radius 1 is 1.56 bits per heavy atom. The summed E-state index contributed by atoms with van der Waals surface area (Å²) in [4.78, 5) is 11.0. The van der Waals surface area contributed by atoms with Crippen LogP contribution in [0.2, 0.25) is 0 Å². The number of ether oxygens (including phenoxy) is 2. The summed E-state index contributed by atoms with van der Waals surface area (Å²) < 4.78 is 10.4. The molecule has 18 heavy (non-hydrogen) atoms. The molecule has 0 saturated carbocycles. The third kappa shape index (κ3) is 3.50. The van der Waals surface area contributed by atoms with Crippen LogP contribution in [-0.2, 0) is 14.3 Å². The summed E-state index contributed by atoms with van der Waals surface area (Å²) in [5, 5.41) is 31.2. The molecule has 0 aliphatic carbocycles. The van der Waals surface area contributed by atoms with E-state index in [0.717, 1.165) is 0 Å². The zero-order valence-corrected chi connectivity index (χ0v) is 10.2. The maximum absolute atomic E-state index is 11.0. The molecule has 3 unspecified atom stereocenters. The van der Waals surface area contributed by atoms with E-state index >= 15 is 0 Å². The average molecular weight is 261 g/mol. The Kier molecular flexibility index (Phi) is 5.70. The predicted octanol–water partition coefficient (Wildman–Crippen LogP) is -1.87. The molecule has 0 aromatic carbocycles. The smallest absolute Gasteiger partial charge is 0.217 e. The highest BCUT2D eigenvalue weighted by atomic mass is 16.6. The van der Waals surface area contributed by atoms with Crippen molar-refractivity contribution < 1.29 is 29.6 Å². The van der Waals surface area contributed by atoms with E-state index in [9.17, 15) is 15.0 Å². The van der Waals surface area contributed by atoms with Gasteiger partial charge in [-0.1, -0.05) is 6.08 Å². The van der Waals surface area contributed by atoms with E-state index in [0.29, 0.717) is 0 Å². The lowest BCUT2D eigenvalue weighted by Gasteiger charge is -2.42. The van der Waals surface area contributed by atoms with Crippen LogP contribution in [-0.4, -0.2) is 65.1 Å². The first kappa shape index (κ1) is 15.1. The first-order chi connectivity index (χ1) is 8.51. The van der Waals surface area contributed by atoms with Crippen molar-refractivity contribution in [2.75, 3.05) is 13.2 Å². The van der Waals surface area contributed by atoms with Crippen LogP contribution in [0.4, 0.5) is 0 Å². The summed E-state index contributed by atoms with van der Waals surface area (Å²) in [7, 11) is 0. The van der Waals surface area contributed by atoms with Crippen molar-refractivity contribution >= 4 is 5.91 Å². The Morgan fingerprint density at radius 3 is 2.72 bits per heavy atom.